The zero-order valence-electron chi connectivity index (χ0n) is 55.0. The van der Waals surface area contributed by atoms with Gasteiger partial charge in [-0.25, -0.2) is 26.3 Å². The Kier molecular flexibility index (Phi) is 29.3. The van der Waals surface area contributed by atoms with Crippen LogP contribution in [0.15, 0.2) is 109 Å². The zero-order chi connectivity index (χ0) is 64.1. The Bertz CT molecular complexity index is 2890. The fraction of sp³-hybridized carbons (Fsp3) is 0.528. The molecule has 6 nitrogen and oxygen atoms in total. The summed E-state index contributed by atoms with van der Waals surface area (Å²) in [5, 5.41) is 24.3. The van der Waals surface area contributed by atoms with Gasteiger partial charge in [0.25, 0.3) is 0 Å². The van der Waals surface area contributed by atoms with E-state index in [0.29, 0.717) is 22.5 Å². The standard InChI is InChI=1S/C15H22FN.C15H18FN.C13H18FN.C12H17F2N.C12H18FNO.C5H12S/c2*1-15(2,3)17-10-11-6-4-8-13-12(11)7-5-9-14(13)16;1-13(2,3)15-7-6-10-8-12(14)5-4-11(10)9-15;1-12(2,3)15-7-6-9-4-5-10(13)11(14)8-9;1-12(2,3)14-7-6-9-4-5-11(15)10(13)8-9;1-5(2,3)6-4/h5,7,9,11,17H,4,6,8,10H2,1-3H3;4-9,17H,10H2,1-3H3;4-5,8H,6-7,9H2,1-3H3;4-5,8,15H,6-7H2,1-3H3;4-5,8,14-15H,6-7H2,1-3H3;1-4H3. The second kappa shape index (κ2) is 33.5. The molecule has 0 saturated heterocycles. The van der Waals surface area contributed by atoms with Crippen molar-refractivity contribution >= 4 is 22.5 Å². The summed E-state index contributed by atoms with van der Waals surface area (Å²) in [7, 11) is 0. The van der Waals surface area contributed by atoms with Crippen LogP contribution in [0.2, 0.25) is 0 Å². The number of phenolic OH excluding ortho intramolecular Hbond substituents is 1. The van der Waals surface area contributed by atoms with E-state index in [9.17, 15) is 26.3 Å². The number of hydrogen-bond donors (Lipinski definition) is 5. The lowest BCUT2D eigenvalue weighted by molar-refractivity contribution is 0.120. The average molecular weight is 1200 g/mol. The molecule has 1 atom stereocenters. The minimum Gasteiger partial charge on any atom is -0.505 e. The molecule has 6 aromatic rings. The summed E-state index contributed by atoms with van der Waals surface area (Å²) >= 11 is 1.88. The van der Waals surface area contributed by atoms with Crippen LogP contribution in [0.5, 0.6) is 5.75 Å². The van der Waals surface area contributed by atoms with E-state index in [0.717, 1.165) is 92.6 Å². The van der Waals surface area contributed by atoms with Gasteiger partial charge in [0.15, 0.2) is 23.2 Å². The molecule has 0 amide bonds. The van der Waals surface area contributed by atoms with E-state index < -0.39 is 17.5 Å². The molecule has 1 aliphatic heterocycles. The third-order valence-electron chi connectivity index (χ3n) is 14.1. The zero-order valence-corrected chi connectivity index (χ0v) is 55.8. The topological polar surface area (TPSA) is 71.6 Å². The Morgan fingerprint density at radius 2 is 1.05 bits per heavy atom. The van der Waals surface area contributed by atoms with Crippen LogP contribution in [0, 0.1) is 34.9 Å². The van der Waals surface area contributed by atoms with E-state index in [-0.39, 0.29) is 50.9 Å². The van der Waals surface area contributed by atoms with Gasteiger partial charge in [-0.2, -0.15) is 11.8 Å². The van der Waals surface area contributed by atoms with Crippen LogP contribution in [0.4, 0.5) is 26.3 Å². The second-order valence-corrected chi connectivity index (χ2v) is 30.0. The minimum absolute atomic E-state index is 0.0250. The van der Waals surface area contributed by atoms with E-state index in [4.69, 9.17) is 5.11 Å². The number of phenols is 1. The van der Waals surface area contributed by atoms with Crippen LogP contribution < -0.4 is 21.3 Å². The van der Waals surface area contributed by atoms with Crippen molar-refractivity contribution in [3.8, 4) is 5.75 Å². The van der Waals surface area contributed by atoms with Gasteiger partial charge in [0.1, 0.15) is 17.5 Å². The molecule has 0 fully saturated rings. The van der Waals surface area contributed by atoms with Gasteiger partial charge in [-0.1, -0.05) is 81.4 Å². The lowest BCUT2D eigenvalue weighted by Crippen LogP contribution is -2.44. The fourth-order valence-electron chi connectivity index (χ4n) is 9.05. The molecule has 0 radical (unpaired) electrons. The van der Waals surface area contributed by atoms with Crippen LogP contribution in [-0.2, 0) is 38.8 Å². The molecule has 6 aromatic carbocycles. The Balaban J connectivity index is 0.000000272. The van der Waals surface area contributed by atoms with Crippen LogP contribution in [0.1, 0.15) is 182 Å². The predicted molar refractivity (Wildman–Crippen MR) is 351 cm³/mol. The molecule has 472 valence electrons. The molecule has 5 N–H and O–H groups in total. The Morgan fingerprint density at radius 1 is 0.518 bits per heavy atom. The third-order valence-corrected chi connectivity index (χ3v) is 15.3. The van der Waals surface area contributed by atoms with Gasteiger partial charge >= 0.3 is 0 Å². The number of thioether (sulfide) groups is 1. The van der Waals surface area contributed by atoms with Gasteiger partial charge in [-0.15, -0.1) is 0 Å². The van der Waals surface area contributed by atoms with Gasteiger partial charge in [0.05, 0.1) is 0 Å². The SMILES string of the molecule is CC(C)(C)N1CCc2cc(F)ccc2C1.CC(C)(C)NCC1CCCc2c(F)cccc21.CC(C)(C)NCCc1ccc(F)c(F)c1.CC(C)(C)NCCc1ccc(O)c(F)c1.CC(C)(C)NCc1cccc2c(F)cccc12.CSC(C)(C)C. The maximum Gasteiger partial charge on any atom is 0.165 e. The van der Waals surface area contributed by atoms with Crippen molar-refractivity contribution < 1.29 is 31.4 Å². The highest BCUT2D eigenvalue weighted by atomic mass is 32.2. The van der Waals surface area contributed by atoms with Crippen molar-refractivity contribution in [3.05, 3.63) is 183 Å². The summed E-state index contributed by atoms with van der Waals surface area (Å²) in [5.74, 6) is -2.23. The molecule has 1 unspecified atom stereocenters. The monoisotopic (exact) mass is 1200 g/mol. The van der Waals surface area contributed by atoms with Crippen molar-refractivity contribution in [3.63, 3.8) is 0 Å². The number of benzene rings is 6. The molecule has 0 spiro atoms. The molecule has 1 heterocycles. The maximum absolute atomic E-state index is 13.7. The summed E-state index contributed by atoms with van der Waals surface area (Å²) in [4.78, 5) is 2.44. The summed E-state index contributed by atoms with van der Waals surface area (Å²) in [6.45, 7) is 43.9. The largest absolute Gasteiger partial charge is 0.505 e. The smallest absolute Gasteiger partial charge is 0.165 e. The molecule has 0 saturated carbocycles. The Morgan fingerprint density at radius 3 is 1.59 bits per heavy atom. The molecule has 8 rings (SSSR count). The minimum atomic E-state index is -0.789. The van der Waals surface area contributed by atoms with Crippen molar-refractivity contribution in [1.82, 2.24) is 26.2 Å². The van der Waals surface area contributed by atoms with Crippen LogP contribution in [-0.4, -0.2) is 74.9 Å². The Labute approximate surface area is 513 Å². The van der Waals surface area contributed by atoms with Crippen LogP contribution in [0.3, 0.4) is 0 Å². The molecular weight excluding hydrogens is 1100 g/mol. The number of nitrogens with zero attached hydrogens (tertiary/aromatic N) is 1. The number of halogens is 6. The fourth-order valence-corrected chi connectivity index (χ4v) is 9.05. The van der Waals surface area contributed by atoms with Gasteiger partial charge in [-0.05, 0) is 261 Å². The van der Waals surface area contributed by atoms with Gasteiger partial charge in [0, 0.05) is 64.0 Å². The molecular formula is C72H105F6N5OS. The number of aromatic hydroxyl groups is 1. The third kappa shape index (κ3) is 29.6. The van der Waals surface area contributed by atoms with E-state index in [1.54, 1.807) is 36.4 Å². The number of hydrogen-bond acceptors (Lipinski definition) is 7. The van der Waals surface area contributed by atoms with E-state index in [1.807, 2.05) is 48.2 Å². The van der Waals surface area contributed by atoms with Gasteiger partial charge in [0.2, 0.25) is 0 Å². The summed E-state index contributed by atoms with van der Waals surface area (Å²) in [6.07, 6.45) is 7.71. The van der Waals surface area contributed by atoms with Crippen molar-refractivity contribution in [1.29, 1.82) is 0 Å². The van der Waals surface area contributed by atoms with Gasteiger partial charge < -0.3 is 26.4 Å². The predicted octanol–water partition coefficient (Wildman–Crippen LogP) is 18.0. The van der Waals surface area contributed by atoms with Crippen molar-refractivity contribution in [2.45, 2.75) is 215 Å². The van der Waals surface area contributed by atoms with E-state index in [2.05, 4.69) is 163 Å². The summed E-state index contributed by atoms with van der Waals surface area (Å²) < 4.78 is 79.2. The first-order valence-corrected chi connectivity index (χ1v) is 31.4. The maximum atomic E-state index is 13.7. The highest BCUT2D eigenvalue weighted by Gasteiger charge is 2.26. The molecule has 1 aliphatic carbocycles. The Hall–Kier alpha value is -4.89. The first kappa shape index (κ1) is 74.4. The van der Waals surface area contributed by atoms with Crippen LogP contribution >= 0.6 is 11.8 Å². The van der Waals surface area contributed by atoms with E-state index in [1.165, 1.54) is 53.4 Å². The average Bonchev–Trinajstić information content (AvgIpc) is 3.61. The number of rotatable bonds is 10. The lowest BCUT2D eigenvalue weighted by atomic mass is 9.82. The van der Waals surface area contributed by atoms with Crippen LogP contribution in [0.25, 0.3) is 10.8 Å². The van der Waals surface area contributed by atoms with Crippen molar-refractivity contribution in [2.75, 3.05) is 32.4 Å². The van der Waals surface area contributed by atoms with E-state index >= 15 is 0 Å². The quantitative estimate of drug-likeness (QED) is 0.0876. The van der Waals surface area contributed by atoms with Gasteiger partial charge in [-0.3, -0.25) is 4.90 Å². The first-order valence-electron chi connectivity index (χ1n) is 30.2. The molecule has 0 bridgehead atoms. The molecule has 13 heteroatoms. The number of nitrogens with one attached hydrogen (secondary N) is 4. The highest BCUT2D eigenvalue weighted by Crippen LogP contribution is 2.33. The highest BCUT2D eigenvalue weighted by molar-refractivity contribution is 7.99. The van der Waals surface area contributed by atoms with Crippen molar-refractivity contribution in [2.24, 2.45) is 0 Å². The molecule has 0 aromatic heterocycles. The lowest BCUT2D eigenvalue weighted by Gasteiger charge is -2.39. The first-order chi connectivity index (χ1) is 39.2. The summed E-state index contributed by atoms with van der Waals surface area (Å²) in [5.41, 5.74) is 7.98. The molecule has 85 heavy (non-hydrogen) atoms. The number of fused-ring (bicyclic) bond motifs is 3. The summed E-state index contributed by atoms with van der Waals surface area (Å²) in [6, 6.07) is 30.2. The second-order valence-electron chi connectivity index (χ2n) is 28.3. The normalized spacial score (nSPS) is 14.5. The molecule has 2 aliphatic rings.